The number of rotatable bonds is 3. The van der Waals surface area contributed by atoms with E-state index in [1.807, 2.05) is 4.90 Å². The van der Waals surface area contributed by atoms with Gasteiger partial charge >= 0.3 is 6.18 Å². The molecule has 4 rings (SSSR count). The van der Waals surface area contributed by atoms with Crippen LogP contribution in [0.25, 0.3) is 0 Å². The van der Waals surface area contributed by atoms with Crippen molar-refractivity contribution >= 4 is 11.6 Å². The number of anilines is 1. The Morgan fingerprint density at radius 1 is 0.871 bits per heavy atom. The average Bonchev–Trinajstić information content (AvgIpc) is 3.08. The van der Waals surface area contributed by atoms with Gasteiger partial charge in [0.1, 0.15) is 0 Å². The number of carbonyl (C=O) groups is 1. The molecule has 2 aliphatic heterocycles. The average molecular weight is 438 g/mol. The van der Waals surface area contributed by atoms with E-state index >= 15 is 0 Å². The highest BCUT2D eigenvalue weighted by Gasteiger charge is 2.34. The molecule has 172 valence electrons. The third-order valence-corrected chi connectivity index (χ3v) is 7.28. The predicted molar refractivity (Wildman–Crippen MR) is 116 cm³/mol. The highest BCUT2D eigenvalue weighted by Crippen LogP contribution is 2.32. The quantitative estimate of drug-likeness (QED) is 0.637. The number of piperazine rings is 1. The van der Waals surface area contributed by atoms with Crippen LogP contribution < -0.4 is 4.90 Å². The molecule has 1 saturated carbocycles. The second kappa shape index (κ2) is 9.80. The van der Waals surface area contributed by atoms with Crippen molar-refractivity contribution in [2.45, 2.75) is 63.6 Å². The largest absolute Gasteiger partial charge is 0.416 e. The number of alkyl halides is 3. The summed E-state index contributed by atoms with van der Waals surface area (Å²) in [5.41, 5.74) is 0.0515. The summed E-state index contributed by atoms with van der Waals surface area (Å²) < 4.78 is 39.1. The summed E-state index contributed by atoms with van der Waals surface area (Å²) in [6, 6.07) is 6.00. The Hall–Kier alpha value is -1.76. The molecule has 0 radical (unpaired) electrons. The molecule has 1 amide bonds. The van der Waals surface area contributed by atoms with Gasteiger partial charge in [-0.1, -0.05) is 31.7 Å². The van der Waals surface area contributed by atoms with Crippen LogP contribution in [0, 0.1) is 5.92 Å². The number of nitrogens with zero attached hydrogens (tertiary/aromatic N) is 3. The normalized spacial score (nSPS) is 24.8. The Morgan fingerprint density at radius 3 is 2.26 bits per heavy atom. The van der Waals surface area contributed by atoms with Crippen molar-refractivity contribution in [3.8, 4) is 0 Å². The zero-order chi connectivity index (χ0) is 21.8. The van der Waals surface area contributed by atoms with E-state index in [9.17, 15) is 18.0 Å². The first-order chi connectivity index (χ1) is 14.9. The molecule has 0 spiro atoms. The maximum Gasteiger partial charge on any atom is 0.416 e. The van der Waals surface area contributed by atoms with Gasteiger partial charge in [-0.3, -0.25) is 9.69 Å². The van der Waals surface area contributed by atoms with Crippen molar-refractivity contribution in [3.63, 3.8) is 0 Å². The van der Waals surface area contributed by atoms with E-state index in [0.717, 1.165) is 57.9 Å². The number of likely N-dealkylation sites (tertiary alicyclic amines) is 1. The van der Waals surface area contributed by atoms with Crippen molar-refractivity contribution < 1.29 is 18.0 Å². The van der Waals surface area contributed by atoms with Gasteiger partial charge in [-0.15, -0.1) is 0 Å². The number of halogens is 3. The van der Waals surface area contributed by atoms with Gasteiger partial charge in [-0.25, -0.2) is 0 Å². The molecule has 31 heavy (non-hydrogen) atoms. The molecule has 1 aromatic rings. The maximum atomic E-state index is 13.1. The van der Waals surface area contributed by atoms with E-state index in [-0.39, 0.29) is 5.92 Å². The van der Waals surface area contributed by atoms with Crippen LogP contribution in [0.2, 0.25) is 0 Å². The van der Waals surface area contributed by atoms with Gasteiger partial charge < -0.3 is 9.80 Å². The predicted octanol–water partition coefficient (Wildman–Crippen LogP) is 4.79. The summed E-state index contributed by atoms with van der Waals surface area (Å²) in [5, 5.41) is 0. The van der Waals surface area contributed by atoms with Crippen LogP contribution in [-0.4, -0.2) is 61.0 Å². The van der Waals surface area contributed by atoms with Crippen LogP contribution in [0.5, 0.6) is 0 Å². The molecule has 0 aromatic heterocycles. The van der Waals surface area contributed by atoms with Gasteiger partial charge in [0.2, 0.25) is 5.91 Å². The molecule has 1 aliphatic carbocycles. The highest BCUT2D eigenvalue weighted by molar-refractivity contribution is 5.79. The number of carbonyl (C=O) groups excluding carboxylic acids is 1. The molecule has 1 aromatic carbocycles. The Balaban J connectivity index is 1.32. The zero-order valence-electron chi connectivity index (χ0n) is 18.2. The summed E-state index contributed by atoms with van der Waals surface area (Å²) in [6.07, 6.45) is 4.75. The molecule has 0 bridgehead atoms. The van der Waals surface area contributed by atoms with E-state index < -0.39 is 11.7 Å². The lowest BCUT2D eigenvalue weighted by Gasteiger charge is -2.44. The smallest absolute Gasteiger partial charge is 0.369 e. The number of hydrogen-bond acceptors (Lipinski definition) is 3. The van der Waals surface area contributed by atoms with Crippen molar-refractivity contribution in [2.75, 3.05) is 44.2 Å². The van der Waals surface area contributed by atoms with Crippen LogP contribution in [0.15, 0.2) is 24.3 Å². The van der Waals surface area contributed by atoms with E-state index in [1.54, 1.807) is 6.07 Å². The second-order valence-electron chi connectivity index (χ2n) is 9.34. The van der Waals surface area contributed by atoms with Crippen molar-refractivity contribution in [1.29, 1.82) is 0 Å². The number of piperidine rings is 1. The van der Waals surface area contributed by atoms with E-state index in [0.29, 0.717) is 30.7 Å². The molecular weight excluding hydrogens is 403 g/mol. The summed E-state index contributed by atoms with van der Waals surface area (Å²) in [4.78, 5) is 19.7. The Labute approximate surface area is 183 Å². The number of hydrogen-bond donors (Lipinski definition) is 0. The van der Waals surface area contributed by atoms with Crippen molar-refractivity contribution in [2.24, 2.45) is 5.92 Å². The van der Waals surface area contributed by atoms with Gasteiger partial charge in [0.15, 0.2) is 0 Å². The Morgan fingerprint density at radius 2 is 1.58 bits per heavy atom. The third-order valence-electron chi connectivity index (χ3n) is 7.28. The highest BCUT2D eigenvalue weighted by atomic mass is 19.4. The van der Waals surface area contributed by atoms with Gasteiger partial charge in [-0.2, -0.15) is 13.2 Å². The van der Waals surface area contributed by atoms with Gasteiger partial charge in [0, 0.05) is 56.9 Å². The van der Waals surface area contributed by atoms with Crippen molar-refractivity contribution in [3.05, 3.63) is 29.8 Å². The molecule has 2 heterocycles. The molecule has 2 saturated heterocycles. The summed E-state index contributed by atoms with van der Waals surface area (Å²) >= 11 is 0. The first-order valence-corrected chi connectivity index (χ1v) is 11.9. The van der Waals surface area contributed by atoms with Gasteiger partial charge in [0.05, 0.1) is 5.56 Å². The van der Waals surface area contributed by atoms with E-state index in [4.69, 9.17) is 0 Å². The summed E-state index contributed by atoms with van der Waals surface area (Å²) in [7, 11) is 0. The lowest BCUT2D eigenvalue weighted by atomic mass is 9.96. The molecule has 1 atom stereocenters. The minimum absolute atomic E-state index is 0.207. The van der Waals surface area contributed by atoms with Crippen LogP contribution in [0.1, 0.15) is 56.9 Å². The SMILES string of the molecule is O=C(C1CCCCCC1)N1CCCC(N2CCN(c3cccc(C(F)(F)F)c3)CC2)C1. The van der Waals surface area contributed by atoms with Gasteiger partial charge in [0.25, 0.3) is 0 Å². The molecule has 7 heteroatoms. The molecular formula is C24H34F3N3O. The zero-order valence-corrected chi connectivity index (χ0v) is 18.2. The minimum Gasteiger partial charge on any atom is -0.369 e. The van der Waals surface area contributed by atoms with Crippen molar-refractivity contribution in [1.82, 2.24) is 9.80 Å². The van der Waals surface area contributed by atoms with Crippen LogP contribution >= 0.6 is 0 Å². The standard InChI is InChI=1S/C24H34F3N3O/c25-24(26,27)20-9-5-10-21(17-20)28-13-15-29(16-14-28)22-11-6-12-30(18-22)23(31)19-7-3-1-2-4-8-19/h5,9-10,17,19,22H,1-4,6-8,11-16,18H2. The molecule has 3 fully saturated rings. The fraction of sp³-hybridized carbons (Fsp3) is 0.708. The number of benzene rings is 1. The molecule has 4 nitrogen and oxygen atoms in total. The first kappa shape index (κ1) is 22.4. The first-order valence-electron chi connectivity index (χ1n) is 11.9. The van der Waals surface area contributed by atoms with Crippen LogP contribution in [-0.2, 0) is 11.0 Å². The molecule has 0 N–H and O–H groups in total. The second-order valence-corrected chi connectivity index (χ2v) is 9.34. The summed E-state index contributed by atoms with van der Waals surface area (Å²) in [6.45, 7) is 4.76. The summed E-state index contributed by atoms with van der Waals surface area (Å²) in [5.74, 6) is 0.563. The monoisotopic (exact) mass is 437 g/mol. The van der Waals surface area contributed by atoms with Crippen LogP contribution in [0.4, 0.5) is 18.9 Å². The Bertz CT molecular complexity index is 738. The fourth-order valence-corrected chi connectivity index (χ4v) is 5.46. The lowest BCUT2D eigenvalue weighted by Crippen LogP contribution is -2.56. The Kier molecular flexibility index (Phi) is 7.09. The fourth-order valence-electron chi connectivity index (χ4n) is 5.46. The molecule has 1 unspecified atom stereocenters. The topological polar surface area (TPSA) is 26.8 Å². The van der Waals surface area contributed by atoms with Gasteiger partial charge in [-0.05, 0) is 43.9 Å². The van der Waals surface area contributed by atoms with E-state index in [2.05, 4.69) is 9.80 Å². The van der Waals surface area contributed by atoms with Crippen LogP contribution in [0.3, 0.4) is 0 Å². The lowest BCUT2D eigenvalue weighted by molar-refractivity contribution is -0.138. The number of amides is 1. The maximum absolute atomic E-state index is 13.1. The van der Waals surface area contributed by atoms with E-state index in [1.165, 1.54) is 37.8 Å². The minimum atomic E-state index is -4.31. The molecule has 3 aliphatic rings. The third kappa shape index (κ3) is 5.54.